The molecule has 0 radical (unpaired) electrons. The van der Waals surface area contributed by atoms with Gasteiger partial charge in [-0.15, -0.1) is 0 Å². The molecular weight excluding hydrogens is 355 g/mol. The minimum absolute atomic E-state index is 0.0731. The van der Waals surface area contributed by atoms with Crippen molar-refractivity contribution in [3.63, 3.8) is 0 Å². The van der Waals surface area contributed by atoms with E-state index in [1.54, 1.807) is 24.0 Å². The van der Waals surface area contributed by atoms with Crippen molar-refractivity contribution < 1.29 is 23.5 Å². The number of piperazine rings is 1. The number of halogens is 1. The maximum Gasteiger partial charge on any atom is 0.322 e. The third-order valence-corrected chi connectivity index (χ3v) is 5.08. The van der Waals surface area contributed by atoms with E-state index in [-0.39, 0.29) is 24.5 Å². The average Bonchev–Trinajstić information content (AvgIpc) is 2.91. The highest BCUT2D eigenvalue weighted by molar-refractivity contribution is 6.06. The van der Waals surface area contributed by atoms with Gasteiger partial charge in [-0.05, 0) is 25.5 Å². The van der Waals surface area contributed by atoms with Crippen LogP contribution in [0.2, 0.25) is 0 Å². The quantitative estimate of drug-likeness (QED) is 0.742. The maximum absolute atomic E-state index is 13.9. The Balaban J connectivity index is 1.55. The molecule has 146 valence electrons. The standard InChI is InChI=1S/C18H23FN4O4/c1-18(16(25)20-17(26)21-18)7-6-14(24)23-10-8-22(9-11-23)13-5-3-4-12(19)15(13)27-2/h3-5H,6-11H2,1-2H3,(H2,20,21,25,26)/t18-/m1/s1. The molecule has 4 amide bonds. The Morgan fingerprint density at radius 3 is 2.56 bits per heavy atom. The Labute approximate surface area is 156 Å². The van der Waals surface area contributed by atoms with Gasteiger partial charge in [-0.3, -0.25) is 14.9 Å². The summed E-state index contributed by atoms with van der Waals surface area (Å²) in [5, 5.41) is 4.74. The molecule has 1 aromatic carbocycles. The summed E-state index contributed by atoms with van der Waals surface area (Å²) in [5.41, 5.74) is -0.383. The summed E-state index contributed by atoms with van der Waals surface area (Å²) in [7, 11) is 1.43. The molecule has 0 aliphatic carbocycles. The zero-order chi connectivity index (χ0) is 19.6. The number of carbonyl (C=O) groups excluding carboxylic acids is 3. The van der Waals surface area contributed by atoms with Gasteiger partial charge in [-0.1, -0.05) is 6.07 Å². The SMILES string of the molecule is COc1c(F)cccc1N1CCN(C(=O)CC[C@@]2(C)NC(=O)NC2=O)CC1. The summed E-state index contributed by atoms with van der Waals surface area (Å²) in [6.07, 6.45) is 0.398. The van der Waals surface area contributed by atoms with Crippen molar-refractivity contribution >= 4 is 23.5 Å². The molecule has 2 fully saturated rings. The molecule has 0 saturated carbocycles. The number of benzene rings is 1. The van der Waals surface area contributed by atoms with Crippen LogP contribution in [0.15, 0.2) is 18.2 Å². The second kappa shape index (κ2) is 7.42. The fourth-order valence-corrected chi connectivity index (χ4v) is 3.42. The van der Waals surface area contributed by atoms with Gasteiger partial charge in [0, 0.05) is 32.6 Å². The number of nitrogens with zero attached hydrogens (tertiary/aromatic N) is 2. The predicted molar refractivity (Wildman–Crippen MR) is 96.1 cm³/mol. The van der Waals surface area contributed by atoms with Crippen molar-refractivity contribution in [2.45, 2.75) is 25.3 Å². The van der Waals surface area contributed by atoms with E-state index in [9.17, 15) is 18.8 Å². The zero-order valence-corrected chi connectivity index (χ0v) is 15.4. The van der Waals surface area contributed by atoms with Crippen molar-refractivity contribution in [1.29, 1.82) is 0 Å². The van der Waals surface area contributed by atoms with Crippen molar-refractivity contribution in [2.24, 2.45) is 0 Å². The Morgan fingerprint density at radius 2 is 1.96 bits per heavy atom. The van der Waals surface area contributed by atoms with Crippen molar-refractivity contribution in [1.82, 2.24) is 15.5 Å². The second-order valence-corrected chi connectivity index (χ2v) is 6.90. The average molecular weight is 378 g/mol. The largest absolute Gasteiger partial charge is 0.492 e. The number of urea groups is 1. The van der Waals surface area contributed by atoms with Crippen LogP contribution in [-0.2, 0) is 9.59 Å². The van der Waals surface area contributed by atoms with Crippen molar-refractivity contribution in [2.75, 3.05) is 38.2 Å². The smallest absolute Gasteiger partial charge is 0.322 e. The first-order valence-corrected chi connectivity index (χ1v) is 8.83. The number of nitrogens with one attached hydrogen (secondary N) is 2. The summed E-state index contributed by atoms with van der Waals surface area (Å²) in [6.45, 7) is 3.70. The van der Waals surface area contributed by atoms with Gasteiger partial charge in [0.2, 0.25) is 5.91 Å². The van der Waals surface area contributed by atoms with Crippen LogP contribution in [0.25, 0.3) is 0 Å². The van der Waals surface area contributed by atoms with Gasteiger partial charge >= 0.3 is 6.03 Å². The molecule has 0 unspecified atom stereocenters. The zero-order valence-electron chi connectivity index (χ0n) is 15.4. The van der Waals surface area contributed by atoms with Crippen LogP contribution < -0.4 is 20.3 Å². The maximum atomic E-state index is 13.9. The topological polar surface area (TPSA) is 91.0 Å². The Bertz CT molecular complexity index is 764. The van der Waals surface area contributed by atoms with Gasteiger partial charge in [-0.25, -0.2) is 9.18 Å². The van der Waals surface area contributed by atoms with Crippen LogP contribution in [0.1, 0.15) is 19.8 Å². The van der Waals surface area contributed by atoms with E-state index in [0.29, 0.717) is 31.9 Å². The molecule has 2 heterocycles. The number of rotatable bonds is 5. The number of methoxy groups -OCH3 is 1. The lowest BCUT2D eigenvalue weighted by Crippen LogP contribution is -2.50. The van der Waals surface area contributed by atoms with Gasteiger partial charge in [0.25, 0.3) is 5.91 Å². The Morgan fingerprint density at radius 1 is 1.26 bits per heavy atom. The number of hydrogen-bond donors (Lipinski definition) is 2. The van der Waals surface area contributed by atoms with Crippen molar-refractivity contribution in [3.05, 3.63) is 24.0 Å². The number of imide groups is 1. The number of para-hydroxylation sites is 1. The van der Waals surface area contributed by atoms with E-state index < -0.39 is 23.3 Å². The van der Waals surface area contributed by atoms with Gasteiger partial charge in [-0.2, -0.15) is 0 Å². The Kier molecular flexibility index (Phi) is 5.20. The molecule has 0 bridgehead atoms. The number of amides is 4. The predicted octanol–water partition coefficient (Wildman–Crippen LogP) is 0.861. The molecule has 2 aliphatic heterocycles. The van der Waals surface area contributed by atoms with Crippen LogP contribution in [-0.4, -0.2) is 61.6 Å². The number of ether oxygens (including phenoxy) is 1. The monoisotopic (exact) mass is 378 g/mol. The highest BCUT2D eigenvalue weighted by Gasteiger charge is 2.42. The normalized spacial score (nSPS) is 22.5. The fourth-order valence-electron chi connectivity index (χ4n) is 3.42. The Hall–Kier alpha value is -2.84. The number of anilines is 1. The van der Waals surface area contributed by atoms with Crippen LogP contribution >= 0.6 is 0 Å². The first kappa shape index (κ1) is 18.9. The molecule has 2 N–H and O–H groups in total. The minimum Gasteiger partial charge on any atom is -0.492 e. The lowest BCUT2D eigenvalue weighted by Gasteiger charge is -2.37. The van der Waals surface area contributed by atoms with Crippen LogP contribution in [0, 0.1) is 5.82 Å². The minimum atomic E-state index is -1.05. The van der Waals surface area contributed by atoms with Crippen molar-refractivity contribution in [3.8, 4) is 5.75 Å². The van der Waals surface area contributed by atoms with Gasteiger partial charge in [0.15, 0.2) is 11.6 Å². The molecule has 2 saturated heterocycles. The molecule has 1 aromatic rings. The molecule has 27 heavy (non-hydrogen) atoms. The van der Waals surface area contributed by atoms with Gasteiger partial charge in [0.1, 0.15) is 5.54 Å². The van der Waals surface area contributed by atoms with Gasteiger partial charge < -0.3 is 19.9 Å². The molecule has 2 aliphatic rings. The summed E-state index contributed by atoms with van der Waals surface area (Å²) < 4.78 is 19.0. The lowest BCUT2D eigenvalue weighted by atomic mass is 9.96. The fraction of sp³-hybridized carbons (Fsp3) is 0.500. The third-order valence-electron chi connectivity index (χ3n) is 5.08. The third kappa shape index (κ3) is 3.81. The van der Waals surface area contributed by atoms with E-state index >= 15 is 0 Å². The van der Waals surface area contributed by atoms with Crippen LogP contribution in [0.5, 0.6) is 5.75 Å². The van der Waals surface area contributed by atoms with E-state index in [2.05, 4.69) is 10.6 Å². The highest BCUT2D eigenvalue weighted by atomic mass is 19.1. The number of hydrogen-bond acceptors (Lipinski definition) is 5. The summed E-state index contributed by atoms with van der Waals surface area (Å²) in [5.74, 6) is -0.703. The summed E-state index contributed by atoms with van der Waals surface area (Å²) >= 11 is 0. The van der Waals surface area contributed by atoms with E-state index in [4.69, 9.17) is 4.74 Å². The summed E-state index contributed by atoms with van der Waals surface area (Å²) in [4.78, 5) is 39.3. The first-order valence-electron chi connectivity index (χ1n) is 8.83. The van der Waals surface area contributed by atoms with Gasteiger partial charge in [0.05, 0.1) is 12.8 Å². The summed E-state index contributed by atoms with van der Waals surface area (Å²) in [6, 6.07) is 4.24. The molecule has 8 nitrogen and oxygen atoms in total. The number of carbonyl (C=O) groups is 3. The molecule has 3 rings (SSSR count). The molecular formula is C18H23FN4O4. The molecule has 0 spiro atoms. The van der Waals surface area contributed by atoms with E-state index in [1.807, 2.05) is 4.90 Å². The van der Waals surface area contributed by atoms with E-state index in [1.165, 1.54) is 13.2 Å². The van der Waals surface area contributed by atoms with Crippen LogP contribution in [0.3, 0.4) is 0 Å². The van der Waals surface area contributed by atoms with Crippen LogP contribution in [0.4, 0.5) is 14.9 Å². The first-order chi connectivity index (χ1) is 12.8. The molecule has 9 heteroatoms. The van der Waals surface area contributed by atoms with E-state index in [0.717, 1.165) is 0 Å². The lowest BCUT2D eigenvalue weighted by molar-refractivity contribution is -0.132. The second-order valence-electron chi connectivity index (χ2n) is 6.90. The highest BCUT2D eigenvalue weighted by Crippen LogP contribution is 2.31. The molecule has 1 atom stereocenters. The molecule has 0 aromatic heterocycles.